The number of rotatable bonds is 9. The van der Waals surface area contributed by atoms with Gasteiger partial charge in [-0.2, -0.15) is 20.5 Å². The molecule has 0 amide bonds. The van der Waals surface area contributed by atoms with Gasteiger partial charge in [0, 0.05) is 17.5 Å². The molecule has 0 aliphatic carbocycles. The number of nitrogens with two attached hydrogens (primary N) is 1. The number of phenolic OH excluding ortho intramolecular Hbond substituents is 1. The van der Waals surface area contributed by atoms with Crippen LogP contribution in [0.5, 0.6) is 5.75 Å². The van der Waals surface area contributed by atoms with Gasteiger partial charge in [0.05, 0.1) is 48.5 Å². The number of aryl methyl sites for hydroxylation is 1. The summed E-state index contributed by atoms with van der Waals surface area (Å²) in [4.78, 5) is 9.62. The molecule has 0 spiro atoms. The summed E-state index contributed by atoms with van der Waals surface area (Å²) in [5.41, 5.74) is 8.01. The number of nitro groups is 1. The monoisotopic (exact) mass is 658 g/mol. The molecule has 0 saturated heterocycles. The summed E-state index contributed by atoms with van der Waals surface area (Å²) in [6.45, 7) is 1.81. The van der Waals surface area contributed by atoms with E-state index in [2.05, 4.69) is 30.7 Å². The van der Waals surface area contributed by atoms with E-state index in [0.29, 0.717) is 17.1 Å². The average Bonchev–Trinajstić information content (AvgIpc) is 3.03. The second-order valence-corrected chi connectivity index (χ2v) is 11.4. The predicted octanol–water partition coefficient (Wildman–Crippen LogP) is 8.75. The minimum Gasteiger partial charge on any atom is -0.505 e. The summed E-state index contributed by atoms with van der Waals surface area (Å²) in [5, 5.41) is 46.5. The predicted molar refractivity (Wildman–Crippen MR) is 171 cm³/mol. The van der Waals surface area contributed by atoms with E-state index in [4.69, 9.17) is 5.73 Å². The van der Waals surface area contributed by atoms with Crippen molar-refractivity contribution in [1.29, 1.82) is 0 Å². The fourth-order valence-corrected chi connectivity index (χ4v) is 5.33. The first-order valence-corrected chi connectivity index (χ1v) is 15.2. The SMILES string of the molecule is Cc1cc(N=Nc2cc(S(=O)O)c3cc(S(=O)O)c(N=Nc4ccc([N+](=O)[O-])cc4)c(O)c3c2N)ccc1N=Nc1ccccc1. The van der Waals surface area contributed by atoms with Gasteiger partial charge in [-0.15, -0.1) is 10.2 Å². The third-order valence-corrected chi connectivity index (χ3v) is 7.90. The van der Waals surface area contributed by atoms with Gasteiger partial charge in [0.1, 0.15) is 11.4 Å². The van der Waals surface area contributed by atoms with E-state index >= 15 is 0 Å². The van der Waals surface area contributed by atoms with Gasteiger partial charge in [-0.05, 0) is 67.1 Å². The molecule has 5 rings (SSSR count). The number of hydrogen-bond donors (Lipinski definition) is 4. The van der Waals surface area contributed by atoms with Crippen molar-refractivity contribution in [2.45, 2.75) is 16.7 Å². The van der Waals surface area contributed by atoms with E-state index in [1.54, 1.807) is 18.2 Å². The van der Waals surface area contributed by atoms with Gasteiger partial charge in [0.25, 0.3) is 5.69 Å². The third-order valence-electron chi connectivity index (χ3n) is 6.50. The lowest BCUT2D eigenvalue weighted by molar-refractivity contribution is -0.384. The topological polar surface area (TPSA) is 238 Å². The number of phenols is 1. The van der Waals surface area contributed by atoms with E-state index in [0.717, 1.165) is 11.6 Å². The molecule has 17 heteroatoms. The molecule has 0 aliphatic rings. The minimum atomic E-state index is -2.73. The van der Waals surface area contributed by atoms with Crippen LogP contribution in [-0.4, -0.2) is 27.6 Å². The van der Waals surface area contributed by atoms with E-state index in [1.165, 1.54) is 30.3 Å². The summed E-state index contributed by atoms with van der Waals surface area (Å²) in [5.74, 6) is -0.717. The van der Waals surface area contributed by atoms with Crippen LogP contribution in [-0.2, 0) is 22.2 Å². The van der Waals surface area contributed by atoms with Crippen LogP contribution in [0.2, 0.25) is 0 Å². The Morgan fingerprint density at radius 1 is 0.717 bits per heavy atom. The van der Waals surface area contributed by atoms with E-state index in [1.807, 2.05) is 37.3 Å². The lowest BCUT2D eigenvalue weighted by Crippen LogP contribution is -1.98. The standard InChI is InChI=1S/C29H22N8O7S2/c1-16-13-19(9-12-22(16)34-31-17-5-3-2-4-6-17)33-35-23-15-24(45(41)42)21-14-25(46(43)44)28(29(38)26(21)27(23)30)36-32-18-7-10-20(11-8-18)37(39)40/h2-15,38H,30H2,1H3,(H,41,42)(H,43,44). The number of anilines is 1. The summed E-state index contributed by atoms with van der Waals surface area (Å²) >= 11 is -5.39. The molecule has 0 aromatic heterocycles. The number of fused-ring (bicyclic) bond motifs is 1. The molecule has 0 saturated carbocycles. The van der Waals surface area contributed by atoms with Crippen LogP contribution in [0.1, 0.15) is 5.56 Å². The van der Waals surface area contributed by atoms with Crippen LogP contribution >= 0.6 is 0 Å². The zero-order valence-electron chi connectivity index (χ0n) is 23.6. The molecule has 5 aromatic rings. The van der Waals surface area contributed by atoms with Crippen LogP contribution in [0, 0.1) is 17.0 Å². The molecule has 0 bridgehead atoms. The Labute approximate surface area is 265 Å². The Morgan fingerprint density at radius 2 is 1.30 bits per heavy atom. The molecule has 0 fully saturated rings. The Kier molecular flexibility index (Phi) is 9.38. The summed E-state index contributed by atoms with van der Waals surface area (Å²) < 4.78 is 44.5. The lowest BCUT2D eigenvalue weighted by Gasteiger charge is -2.14. The number of aromatic hydroxyl groups is 1. The Balaban J connectivity index is 1.56. The van der Waals surface area contributed by atoms with Crippen LogP contribution in [0.3, 0.4) is 0 Å². The lowest BCUT2D eigenvalue weighted by atomic mass is 10.0. The molecule has 2 atom stereocenters. The van der Waals surface area contributed by atoms with Crippen molar-refractivity contribution >= 4 is 78.4 Å². The molecule has 5 N–H and O–H groups in total. The summed E-state index contributed by atoms with van der Waals surface area (Å²) in [7, 11) is 0. The van der Waals surface area contributed by atoms with Crippen molar-refractivity contribution < 1.29 is 27.6 Å². The zero-order chi connectivity index (χ0) is 33.0. The maximum absolute atomic E-state index is 12.3. The first-order chi connectivity index (χ1) is 22.0. The molecular weight excluding hydrogens is 637 g/mol. The van der Waals surface area contributed by atoms with Crippen molar-refractivity contribution in [2.24, 2.45) is 30.7 Å². The highest BCUT2D eigenvalue weighted by Gasteiger charge is 2.24. The van der Waals surface area contributed by atoms with E-state index in [9.17, 15) is 32.7 Å². The highest BCUT2D eigenvalue weighted by atomic mass is 32.2. The van der Waals surface area contributed by atoms with E-state index in [-0.39, 0.29) is 38.4 Å². The summed E-state index contributed by atoms with van der Waals surface area (Å²) in [6.07, 6.45) is 0. The van der Waals surface area contributed by atoms with Gasteiger partial charge < -0.3 is 19.9 Å². The Morgan fingerprint density at radius 3 is 1.93 bits per heavy atom. The number of azo groups is 3. The molecule has 0 radical (unpaired) electrons. The van der Waals surface area contributed by atoms with Gasteiger partial charge >= 0.3 is 0 Å². The van der Waals surface area contributed by atoms with Gasteiger partial charge in [0.15, 0.2) is 27.9 Å². The first kappa shape index (κ1) is 31.8. The zero-order valence-corrected chi connectivity index (χ0v) is 25.2. The first-order valence-electron chi connectivity index (χ1n) is 13.0. The summed E-state index contributed by atoms with van der Waals surface area (Å²) in [6, 6.07) is 21.4. The van der Waals surface area contributed by atoms with Crippen molar-refractivity contribution in [2.75, 3.05) is 5.73 Å². The highest BCUT2D eigenvalue weighted by Crippen LogP contribution is 2.47. The molecular formula is C29H22N8O7S2. The maximum Gasteiger partial charge on any atom is 0.269 e. The number of benzene rings is 5. The molecule has 2 unspecified atom stereocenters. The van der Waals surface area contributed by atoms with Crippen molar-refractivity contribution in [3.05, 3.63) is 101 Å². The fraction of sp³-hybridized carbons (Fsp3) is 0.0345. The molecule has 46 heavy (non-hydrogen) atoms. The average molecular weight is 659 g/mol. The number of nitro benzene ring substituents is 1. The van der Waals surface area contributed by atoms with Crippen molar-refractivity contribution in [3.8, 4) is 5.75 Å². The normalized spacial score (nSPS) is 13.2. The largest absolute Gasteiger partial charge is 0.505 e. The second-order valence-electron chi connectivity index (χ2n) is 9.48. The third kappa shape index (κ3) is 6.87. The Hall–Kier alpha value is -5.62. The molecule has 0 aliphatic heterocycles. The van der Waals surface area contributed by atoms with Crippen molar-refractivity contribution in [1.82, 2.24) is 0 Å². The van der Waals surface area contributed by atoms with Gasteiger partial charge in [0.2, 0.25) is 0 Å². The van der Waals surface area contributed by atoms with Crippen LogP contribution < -0.4 is 5.73 Å². The minimum absolute atomic E-state index is 0.0816. The second kappa shape index (κ2) is 13.6. The molecule has 0 heterocycles. The van der Waals surface area contributed by atoms with Gasteiger partial charge in [-0.25, -0.2) is 8.42 Å². The highest BCUT2D eigenvalue weighted by molar-refractivity contribution is 7.80. The smallest absolute Gasteiger partial charge is 0.269 e. The number of nitrogen functional groups attached to an aromatic ring is 1. The maximum atomic E-state index is 12.3. The van der Waals surface area contributed by atoms with Crippen molar-refractivity contribution in [3.63, 3.8) is 0 Å². The number of hydrogen-bond acceptors (Lipinski definition) is 12. The number of non-ortho nitro benzene ring substituents is 1. The van der Waals surface area contributed by atoms with Gasteiger partial charge in [-0.3, -0.25) is 10.1 Å². The van der Waals surface area contributed by atoms with Crippen LogP contribution in [0.15, 0.2) is 125 Å². The number of nitrogens with zero attached hydrogens (tertiary/aromatic N) is 7. The molecule has 15 nitrogen and oxygen atoms in total. The Bertz CT molecular complexity index is 2120. The van der Waals surface area contributed by atoms with Crippen LogP contribution in [0.25, 0.3) is 10.8 Å². The molecule has 5 aromatic carbocycles. The molecule has 232 valence electrons. The quantitative estimate of drug-likeness (QED) is 0.0391. The van der Waals surface area contributed by atoms with Crippen LogP contribution in [0.4, 0.5) is 45.5 Å². The fourth-order valence-electron chi connectivity index (χ4n) is 4.25. The van der Waals surface area contributed by atoms with Gasteiger partial charge in [-0.1, -0.05) is 18.2 Å². The van der Waals surface area contributed by atoms with E-state index < -0.39 is 43.4 Å².